The SMILES string of the molecule is Cl.Cn1cncc1CN1CCCCC1CCN. The highest BCUT2D eigenvalue weighted by atomic mass is 35.5. The fourth-order valence-electron chi connectivity index (χ4n) is 2.53. The largest absolute Gasteiger partial charge is 0.337 e. The van der Waals surface area contributed by atoms with E-state index in [2.05, 4.69) is 21.5 Å². The zero-order valence-corrected chi connectivity index (χ0v) is 11.3. The Labute approximate surface area is 110 Å². The van der Waals surface area contributed by atoms with E-state index in [1.165, 1.54) is 31.5 Å². The van der Waals surface area contributed by atoms with Crippen LogP contribution in [0.25, 0.3) is 0 Å². The summed E-state index contributed by atoms with van der Waals surface area (Å²) in [6, 6.07) is 0.675. The van der Waals surface area contributed by atoms with Crippen molar-refractivity contribution in [1.29, 1.82) is 0 Å². The van der Waals surface area contributed by atoms with Gasteiger partial charge in [-0.3, -0.25) is 4.90 Å². The first-order chi connectivity index (χ1) is 7.81. The number of aromatic nitrogens is 2. The predicted molar refractivity (Wildman–Crippen MR) is 72.2 cm³/mol. The minimum absolute atomic E-state index is 0. The van der Waals surface area contributed by atoms with Gasteiger partial charge in [-0.05, 0) is 32.4 Å². The summed E-state index contributed by atoms with van der Waals surface area (Å²) >= 11 is 0. The summed E-state index contributed by atoms with van der Waals surface area (Å²) in [5, 5.41) is 0. The number of imidazole rings is 1. The summed E-state index contributed by atoms with van der Waals surface area (Å²) in [7, 11) is 2.06. The summed E-state index contributed by atoms with van der Waals surface area (Å²) in [6.45, 7) is 3.02. The first-order valence-electron chi connectivity index (χ1n) is 6.20. The Bertz CT molecular complexity index is 324. The number of piperidine rings is 1. The van der Waals surface area contributed by atoms with E-state index in [9.17, 15) is 0 Å². The van der Waals surface area contributed by atoms with Crippen molar-refractivity contribution in [3.8, 4) is 0 Å². The fourth-order valence-corrected chi connectivity index (χ4v) is 2.53. The highest BCUT2D eigenvalue weighted by molar-refractivity contribution is 5.85. The molecular formula is C12H23ClN4. The van der Waals surface area contributed by atoms with E-state index in [0.717, 1.165) is 19.5 Å². The second-order valence-corrected chi connectivity index (χ2v) is 4.69. The zero-order valence-electron chi connectivity index (χ0n) is 10.5. The molecule has 1 aromatic rings. The van der Waals surface area contributed by atoms with E-state index >= 15 is 0 Å². The van der Waals surface area contributed by atoms with Gasteiger partial charge in [0.05, 0.1) is 12.0 Å². The van der Waals surface area contributed by atoms with Gasteiger partial charge < -0.3 is 10.3 Å². The van der Waals surface area contributed by atoms with Crippen molar-refractivity contribution >= 4 is 12.4 Å². The molecule has 17 heavy (non-hydrogen) atoms. The van der Waals surface area contributed by atoms with Crippen LogP contribution < -0.4 is 5.73 Å². The maximum atomic E-state index is 5.68. The second-order valence-electron chi connectivity index (χ2n) is 4.69. The third-order valence-electron chi connectivity index (χ3n) is 3.53. The number of nitrogens with zero attached hydrogens (tertiary/aromatic N) is 3. The molecule has 2 rings (SSSR count). The number of likely N-dealkylation sites (tertiary alicyclic amines) is 1. The molecule has 0 aliphatic carbocycles. The van der Waals surface area contributed by atoms with Crippen molar-refractivity contribution in [2.75, 3.05) is 13.1 Å². The van der Waals surface area contributed by atoms with Crippen LogP contribution in [0.3, 0.4) is 0 Å². The number of nitrogens with two attached hydrogens (primary N) is 1. The van der Waals surface area contributed by atoms with Crippen molar-refractivity contribution < 1.29 is 0 Å². The monoisotopic (exact) mass is 258 g/mol. The number of hydrogen-bond donors (Lipinski definition) is 1. The van der Waals surface area contributed by atoms with Crippen molar-refractivity contribution in [1.82, 2.24) is 14.5 Å². The summed E-state index contributed by atoms with van der Waals surface area (Å²) < 4.78 is 2.11. The molecule has 0 radical (unpaired) electrons. The summed E-state index contributed by atoms with van der Waals surface area (Å²) in [6.07, 6.45) is 8.93. The standard InChI is InChI=1S/C12H22N4.ClH/c1-15-10-14-8-12(15)9-16-7-3-2-4-11(16)5-6-13;/h8,10-11H,2-7,9,13H2,1H3;1H. The van der Waals surface area contributed by atoms with E-state index in [1.54, 1.807) is 0 Å². The Hall–Kier alpha value is -0.580. The lowest BCUT2D eigenvalue weighted by Gasteiger charge is -2.35. The van der Waals surface area contributed by atoms with Gasteiger partial charge >= 0.3 is 0 Å². The van der Waals surface area contributed by atoms with Crippen LogP contribution >= 0.6 is 12.4 Å². The van der Waals surface area contributed by atoms with Crippen LogP contribution in [0.5, 0.6) is 0 Å². The molecule has 1 fully saturated rings. The molecule has 1 atom stereocenters. The van der Waals surface area contributed by atoms with Gasteiger partial charge in [-0.25, -0.2) is 4.98 Å². The highest BCUT2D eigenvalue weighted by Gasteiger charge is 2.22. The molecule has 1 aliphatic rings. The smallest absolute Gasteiger partial charge is 0.0945 e. The molecule has 4 nitrogen and oxygen atoms in total. The van der Waals surface area contributed by atoms with Gasteiger partial charge in [0.2, 0.25) is 0 Å². The van der Waals surface area contributed by atoms with Gasteiger partial charge in [0, 0.05) is 25.8 Å². The normalized spacial score (nSPS) is 21.2. The molecule has 1 aliphatic heterocycles. The lowest BCUT2D eigenvalue weighted by molar-refractivity contribution is 0.131. The molecule has 2 heterocycles. The Balaban J connectivity index is 0.00000144. The van der Waals surface area contributed by atoms with Crippen molar-refractivity contribution in [2.24, 2.45) is 12.8 Å². The quantitative estimate of drug-likeness (QED) is 0.891. The fraction of sp³-hybridized carbons (Fsp3) is 0.750. The van der Waals surface area contributed by atoms with Gasteiger partial charge in [0.1, 0.15) is 0 Å². The number of rotatable bonds is 4. The van der Waals surface area contributed by atoms with Crippen LogP contribution in [-0.2, 0) is 13.6 Å². The van der Waals surface area contributed by atoms with Crippen molar-refractivity contribution in [2.45, 2.75) is 38.3 Å². The predicted octanol–water partition coefficient (Wildman–Crippen LogP) is 1.55. The van der Waals surface area contributed by atoms with Gasteiger partial charge in [-0.2, -0.15) is 0 Å². The first-order valence-corrected chi connectivity index (χ1v) is 6.20. The van der Waals surface area contributed by atoms with E-state index < -0.39 is 0 Å². The van der Waals surface area contributed by atoms with Gasteiger partial charge in [-0.1, -0.05) is 6.42 Å². The average Bonchev–Trinajstić information content (AvgIpc) is 2.68. The molecule has 1 unspecified atom stereocenters. The topological polar surface area (TPSA) is 47.1 Å². The molecular weight excluding hydrogens is 236 g/mol. The lowest BCUT2D eigenvalue weighted by Crippen LogP contribution is -2.40. The van der Waals surface area contributed by atoms with Crippen LogP contribution in [0.4, 0.5) is 0 Å². The van der Waals surface area contributed by atoms with Gasteiger partial charge in [0.25, 0.3) is 0 Å². The Morgan fingerprint density at radius 1 is 1.47 bits per heavy atom. The molecule has 1 aromatic heterocycles. The lowest BCUT2D eigenvalue weighted by atomic mass is 9.99. The molecule has 0 saturated carbocycles. The number of hydrogen-bond acceptors (Lipinski definition) is 3. The molecule has 1 saturated heterocycles. The van der Waals surface area contributed by atoms with Gasteiger partial charge in [-0.15, -0.1) is 12.4 Å². The van der Waals surface area contributed by atoms with E-state index in [4.69, 9.17) is 5.73 Å². The van der Waals surface area contributed by atoms with Crippen LogP contribution in [0.15, 0.2) is 12.5 Å². The molecule has 0 amide bonds. The number of aryl methyl sites for hydroxylation is 1. The minimum atomic E-state index is 0. The van der Waals surface area contributed by atoms with Crippen LogP contribution in [0.2, 0.25) is 0 Å². The molecule has 0 bridgehead atoms. The van der Waals surface area contributed by atoms with Crippen molar-refractivity contribution in [3.05, 3.63) is 18.2 Å². The number of halogens is 1. The molecule has 2 N–H and O–H groups in total. The highest BCUT2D eigenvalue weighted by Crippen LogP contribution is 2.21. The summed E-state index contributed by atoms with van der Waals surface area (Å²) in [4.78, 5) is 6.73. The van der Waals surface area contributed by atoms with Crippen LogP contribution in [0, 0.1) is 0 Å². The average molecular weight is 259 g/mol. The van der Waals surface area contributed by atoms with Gasteiger partial charge in [0.15, 0.2) is 0 Å². The van der Waals surface area contributed by atoms with Crippen molar-refractivity contribution in [3.63, 3.8) is 0 Å². The molecule has 5 heteroatoms. The van der Waals surface area contributed by atoms with Crippen LogP contribution in [0.1, 0.15) is 31.4 Å². The third-order valence-corrected chi connectivity index (χ3v) is 3.53. The van der Waals surface area contributed by atoms with E-state index in [-0.39, 0.29) is 12.4 Å². The Morgan fingerprint density at radius 3 is 2.94 bits per heavy atom. The Kier molecular flexibility index (Phi) is 5.95. The third kappa shape index (κ3) is 3.69. The summed E-state index contributed by atoms with van der Waals surface area (Å²) in [5.74, 6) is 0. The molecule has 0 aromatic carbocycles. The molecule has 0 spiro atoms. The van der Waals surface area contributed by atoms with E-state index in [1.807, 2.05) is 12.5 Å². The Morgan fingerprint density at radius 2 is 2.29 bits per heavy atom. The summed E-state index contributed by atoms with van der Waals surface area (Å²) in [5.41, 5.74) is 6.98. The minimum Gasteiger partial charge on any atom is -0.337 e. The second kappa shape index (κ2) is 6.99. The van der Waals surface area contributed by atoms with E-state index in [0.29, 0.717) is 6.04 Å². The van der Waals surface area contributed by atoms with Crippen LogP contribution in [-0.4, -0.2) is 33.6 Å². The first kappa shape index (κ1) is 14.5. The zero-order chi connectivity index (χ0) is 11.4. The maximum absolute atomic E-state index is 5.68. The molecule has 98 valence electrons. The maximum Gasteiger partial charge on any atom is 0.0945 e.